The molecule has 0 N–H and O–H groups in total. The smallest absolute Gasteiger partial charge is 0.257 e. The minimum atomic E-state index is -3.81. The van der Waals surface area contributed by atoms with Crippen LogP contribution in [0.5, 0.6) is 5.75 Å². The molecule has 0 aliphatic carbocycles. The van der Waals surface area contributed by atoms with Crippen molar-refractivity contribution in [1.82, 2.24) is 9.21 Å². The Hall–Kier alpha value is -2.09. The largest absolute Gasteiger partial charge is 0.496 e. The van der Waals surface area contributed by atoms with E-state index >= 15 is 0 Å². The molecule has 150 valence electrons. The van der Waals surface area contributed by atoms with Gasteiger partial charge >= 0.3 is 0 Å². The number of likely N-dealkylation sites (tertiary alicyclic amines) is 1. The van der Waals surface area contributed by atoms with Crippen molar-refractivity contribution in [2.45, 2.75) is 24.3 Å². The van der Waals surface area contributed by atoms with Gasteiger partial charge in [0.1, 0.15) is 5.75 Å². The molecule has 1 amide bonds. The lowest BCUT2D eigenvalue weighted by molar-refractivity contribution is 0.0789. The number of rotatable bonds is 6. The minimum absolute atomic E-state index is 0.0467. The Bertz CT molecular complexity index is 972. The quantitative estimate of drug-likeness (QED) is 0.715. The Kier molecular flexibility index (Phi) is 6.27. The second-order valence-corrected chi connectivity index (χ2v) is 9.17. The summed E-state index contributed by atoms with van der Waals surface area (Å²) in [4.78, 5) is 14.6. The monoisotopic (exact) mass is 422 g/mol. The van der Waals surface area contributed by atoms with E-state index in [2.05, 4.69) is 0 Å². The molecule has 0 bridgehead atoms. The molecule has 0 radical (unpaired) electrons. The summed E-state index contributed by atoms with van der Waals surface area (Å²) in [7, 11) is -0.853. The summed E-state index contributed by atoms with van der Waals surface area (Å²) in [6.07, 6.45) is 1.90. The highest BCUT2D eigenvalue weighted by Gasteiger charge is 2.27. The molecule has 2 aromatic rings. The summed E-state index contributed by atoms with van der Waals surface area (Å²) in [5, 5.41) is 0.504. The van der Waals surface area contributed by atoms with Crippen LogP contribution in [0, 0.1) is 0 Å². The number of hydrogen-bond acceptors (Lipinski definition) is 4. The number of carbonyl (C=O) groups excluding carboxylic acids is 1. The fourth-order valence-corrected chi connectivity index (χ4v) is 4.61. The van der Waals surface area contributed by atoms with Gasteiger partial charge in [0.25, 0.3) is 5.91 Å². The predicted octanol–water partition coefficient (Wildman–Crippen LogP) is 3.41. The molecule has 1 saturated heterocycles. The highest BCUT2D eigenvalue weighted by Crippen LogP contribution is 2.28. The molecule has 6 nitrogen and oxygen atoms in total. The minimum Gasteiger partial charge on any atom is -0.496 e. The van der Waals surface area contributed by atoms with Crippen molar-refractivity contribution in [2.24, 2.45) is 0 Å². The molecule has 3 rings (SSSR count). The van der Waals surface area contributed by atoms with Crippen LogP contribution in [0.2, 0.25) is 5.02 Å². The van der Waals surface area contributed by atoms with Crippen LogP contribution in [0.4, 0.5) is 0 Å². The van der Waals surface area contributed by atoms with Crippen molar-refractivity contribution < 1.29 is 17.9 Å². The summed E-state index contributed by atoms with van der Waals surface area (Å²) in [6.45, 7) is 1.47. The fraction of sp³-hybridized carbons (Fsp3) is 0.350. The van der Waals surface area contributed by atoms with Crippen molar-refractivity contribution in [3.8, 4) is 5.75 Å². The topological polar surface area (TPSA) is 66.9 Å². The number of sulfonamides is 1. The SMILES string of the molecule is COc1ccc(S(=O)(=O)N(C)Cc2ccccc2Cl)cc1C(=O)N1CCCC1. The van der Waals surface area contributed by atoms with Crippen LogP contribution in [0.1, 0.15) is 28.8 Å². The Balaban J connectivity index is 1.92. The van der Waals surface area contributed by atoms with Crippen molar-refractivity contribution in [3.63, 3.8) is 0 Å². The molecule has 1 heterocycles. The van der Waals surface area contributed by atoms with Gasteiger partial charge in [0, 0.05) is 31.7 Å². The van der Waals surface area contributed by atoms with Gasteiger partial charge in [-0.1, -0.05) is 29.8 Å². The van der Waals surface area contributed by atoms with Gasteiger partial charge in [-0.05, 0) is 42.7 Å². The van der Waals surface area contributed by atoms with Crippen LogP contribution in [0.15, 0.2) is 47.4 Å². The average Bonchev–Trinajstić information content (AvgIpc) is 3.23. The van der Waals surface area contributed by atoms with Crippen LogP contribution in [0.25, 0.3) is 0 Å². The first-order chi connectivity index (χ1) is 13.3. The van der Waals surface area contributed by atoms with Gasteiger partial charge in [-0.2, -0.15) is 4.31 Å². The molecule has 1 aliphatic heterocycles. The lowest BCUT2D eigenvalue weighted by Crippen LogP contribution is -2.29. The van der Waals surface area contributed by atoms with Crippen LogP contribution in [0.3, 0.4) is 0 Å². The molecule has 0 aromatic heterocycles. The number of benzene rings is 2. The van der Waals surface area contributed by atoms with Gasteiger partial charge < -0.3 is 9.64 Å². The Morgan fingerprint density at radius 2 is 1.86 bits per heavy atom. The van der Waals surface area contributed by atoms with E-state index in [1.165, 1.54) is 36.7 Å². The van der Waals surface area contributed by atoms with Crippen molar-refractivity contribution in [1.29, 1.82) is 0 Å². The molecule has 28 heavy (non-hydrogen) atoms. The zero-order valence-corrected chi connectivity index (χ0v) is 17.5. The van der Waals surface area contributed by atoms with E-state index < -0.39 is 10.0 Å². The average molecular weight is 423 g/mol. The number of amides is 1. The highest BCUT2D eigenvalue weighted by molar-refractivity contribution is 7.89. The Labute approximate surface area is 170 Å². The normalized spacial score (nSPS) is 14.5. The summed E-state index contributed by atoms with van der Waals surface area (Å²) in [5.41, 5.74) is 0.966. The van der Waals surface area contributed by atoms with Crippen molar-refractivity contribution in [2.75, 3.05) is 27.2 Å². The Morgan fingerprint density at radius 1 is 1.18 bits per heavy atom. The van der Waals surface area contributed by atoms with E-state index in [-0.39, 0.29) is 22.9 Å². The lowest BCUT2D eigenvalue weighted by atomic mass is 10.1. The standard InChI is InChI=1S/C20H23ClN2O4S/c1-22(14-15-7-3-4-8-18(15)21)28(25,26)16-9-10-19(27-2)17(13-16)20(24)23-11-5-6-12-23/h3-4,7-10,13H,5-6,11-12,14H2,1-2H3. The molecule has 0 spiro atoms. The van der Waals surface area contributed by atoms with Crippen LogP contribution in [-0.2, 0) is 16.6 Å². The molecule has 0 atom stereocenters. The number of ether oxygens (including phenoxy) is 1. The van der Waals surface area contributed by atoms with Crippen LogP contribution < -0.4 is 4.74 Å². The van der Waals surface area contributed by atoms with E-state index in [1.807, 2.05) is 6.07 Å². The zero-order chi connectivity index (χ0) is 20.3. The first kappa shape index (κ1) is 20.6. The maximum absolute atomic E-state index is 13.1. The third kappa shape index (κ3) is 4.16. The maximum Gasteiger partial charge on any atom is 0.257 e. The van der Waals surface area contributed by atoms with E-state index in [0.29, 0.717) is 29.4 Å². The van der Waals surface area contributed by atoms with Crippen LogP contribution in [-0.4, -0.2) is 50.8 Å². The fourth-order valence-electron chi connectivity index (χ4n) is 3.24. The second-order valence-electron chi connectivity index (χ2n) is 6.71. The number of hydrogen-bond donors (Lipinski definition) is 0. The first-order valence-electron chi connectivity index (χ1n) is 9.01. The van der Waals surface area contributed by atoms with Gasteiger partial charge in [0.15, 0.2) is 0 Å². The molecule has 1 aliphatic rings. The number of halogens is 1. The second kappa shape index (κ2) is 8.51. The van der Waals surface area contributed by atoms with Gasteiger partial charge in [0.05, 0.1) is 17.6 Å². The number of methoxy groups -OCH3 is 1. The molecule has 8 heteroatoms. The van der Waals surface area contributed by atoms with Gasteiger partial charge in [-0.3, -0.25) is 4.79 Å². The summed E-state index contributed by atoms with van der Waals surface area (Å²) in [5.74, 6) is 0.157. The highest BCUT2D eigenvalue weighted by atomic mass is 35.5. The molecule has 0 unspecified atom stereocenters. The first-order valence-corrected chi connectivity index (χ1v) is 10.8. The molecule has 2 aromatic carbocycles. The third-order valence-corrected chi connectivity index (χ3v) is 7.02. The summed E-state index contributed by atoms with van der Waals surface area (Å²) >= 11 is 6.16. The van der Waals surface area contributed by atoms with Gasteiger partial charge in [0.2, 0.25) is 10.0 Å². The Morgan fingerprint density at radius 3 is 2.50 bits per heavy atom. The zero-order valence-electron chi connectivity index (χ0n) is 15.9. The maximum atomic E-state index is 13.1. The number of nitrogens with zero attached hydrogens (tertiary/aromatic N) is 2. The number of carbonyl (C=O) groups is 1. The molecular weight excluding hydrogens is 400 g/mol. The summed E-state index contributed by atoms with van der Waals surface area (Å²) < 4.78 is 32.6. The van der Waals surface area contributed by atoms with Gasteiger partial charge in [-0.25, -0.2) is 8.42 Å². The molecular formula is C20H23ClN2O4S. The molecule has 0 saturated carbocycles. The molecule has 1 fully saturated rings. The van der Waals surface area contributed by atoms with E-state index in [9.17, 15) is 13.2 Å². The van der Waals surface area contributed by atoms with E-state index in [4.69, 9.17) is 16.3 Å². The van der Waals surface area contributed by atoms with Gasteiger partial charge in [-0.15, -0.1) is 0 Å². The van der Waals surface area contributed by atoms with E-state index in [0.717, 1.165) is 12.8 Å². The van der Waals surface area contributed by atoms with Crippen molar-refractivity contribution >= 4 is 27.5 Å². The lowest BCUT2D eigenvalue weighted by Gasteiger charge is -2.20. The third-order valence-electron chi connectivity index (χ3n) is 4.85. The van der Waals surface area contributed by atoms with Crippen LogP contribution >= 0.6 is 11.6 Å². The van der Waals surface area contributed by atoms with E-state index in [1.54, 1.807) is 23.1 Å². The van der Waals surface area contributed by atoms with Crippen molar-refractivity contribution in [3.05, 3.63) is 58.6 Å². The summed E-state index contributed by atoms with van der Waals surface area (Å²) in [6, 6.07) is 11.5. The predicted molar refractivity (Wildman–Crippen MR) is 108 cm³/mol.